The average molecular weight is 212 g/mol. The molecule has 4 heteroatoms. The molecule has 15 heavy (non-hydrogen) atoms. The maximum Gasteiger partial charge on any atom is 0.407 e. The molecular formula is C11H20N2O2. The fourth-order valence-electron chi connectivity index (χ4n) is 2.96. The van der Waals surface area contributed by atoms with Crippen molar-refractivity contribution in [2.24, 2.45) is 11.3 Å². The van der Waals surface area contributed by atoms with Gasteiger partial charge in [0.05, 0.1) is 6.04 Å². The Morgan fingerprint density at radius 1 is 1.40 bits per heavy atom. The van der Waals surface area contributed by atoms with Crippen LogP contribution >= 0.6 is 0 Å². The van der Waals surface area contributed by atoms with Crippen LogP contribution in [0.3, 0.4) is 0 Å². The highest BCUT2D eigenvalue weighted by molar-refractivity contribution is 5.67. The zero-order valence-corrected chi connectivity index (χ0v) is 9.66. The maximum absolute atomic E-state index is 11.3. The van der Waals surface area contributed by atoms with Crippen molar-refractivity contribution in [3.05, 3.63) is 0 Å². The van der Waals surface area contributed by atoms with Crippen LogP contribution in [0, 0.1) is 11.3 Å². The van der Waals surface area contributed by atoms with Crippen LogP contribution < -0.4 is 5.32 Å². The van der Waals surface area contributed by atoms with Crippen molar-refractivity contribution in [1.82, 2.24) is 10.2 Å². The third kappa shape index (κ3) is 1.71. The SMILES string of the molecule is CC(C)(C)C1C[C@H]2CNC[C@H]2N1C(=O)O. The molecule has 0 radical (unpaired) electrons. The lowest BCUT2D eigenvalue weighted by molar-refractivity contribution is 0.0881. The van der Waals surface area contributed by atoms with Gasteiger partial charge in [0, 0.05) is 19.1 Å². The first kappa shape index (κ1) is 10.7. The topological polar surface area (TPSA) is 52.6 Å². The molecular weight excluding hydrogens is 192 g/mol. The smallest absolute Gasteiger partial charge is 0.407 e. The number of fused-ring (bicyclic) bond motifs is 1. The maximum atomic E-state index is 11.3. The number of rotatable bonds is 0. The van der Waals surface area contributed by atoms with E-state index in [0.717, 1.165) is 19.5 Å². The third-order valence-corrected chi connectivity index (χ3v) is 3.74. The summed E-state index contributed by atoms with van der Waals surface area (Å²) in [5.41, 5.74) is 0.0444. The lowest BCUT2D eigenvalue weighted by Crippen LogP contribution is -2.48. The Morgan fingerprint density at radius 2 is 2.07 bits per heavy atom. The number of hydrogen-bond donors (Lipinski definition) is 2. The molecule has 3 atom stereocenters. The van der Waals surface area contributed by atoms with Gasteiger partial charge in [-0.2, -0.15) is 0 Å². The Kier molecular flexibility index (Phi) is 2.41. The Hall–Kier alpha value is -0.770. The summed E-state index contributed by atoms with van der Waals surface area (Å²) < 4.78 is 0. The van der Waals surface area contributed by atoms with Crippen LogP contribution in [0.2, 0.25) is 0 Å². The molecule has 86 valence electrons. The summed E-state index contributed by atoms with van der Waals surface area (Å²) in [5, 5.41) is 12.6. The molecule has 0 bridgehead atoms. The van der Waals surface area contributed by atoms with Crippen LogP contribution in [0.4, 0.5) is 4.79 Å². The predicted octanol–water partition coefficient (Wildman–Crippen LogP) is 1.37. The molecule has 2 saturated heterocycles. The van der Waals surface area contributed by atoms with E-state index in [-0.39, 0.29) is 17.5 Å². The van der Waals surface area contributed by atoms with Crippen molar-refractivity contribution in [2.75, 3.05) is 13.1 Å². The first-order chi connectivity index (χ1) is 6.91. The Bertz CT molecular complexity index is 272. The predicted molar refractivity (Wildman–Crippen MR) is 57.9 cm³/mol. The normalized spacial score (nSPS) is 35.7. The molecule has 2 N–H and O–H groups in total. The number of amides is 1. The molecule has 4 nitrogen and oxygen atoms in total. The van der Waals surface area contributed by atoms with Crippen molar-refractivity contribution in [3.63, 3.8) is 0 Å². The molecule has 0 saturated carbocycles. The number of nitrogens with one attached hydrogen (secondary N) is 1. The van der Waals surface area contributed by atoms with Gasteiger partial charge in [-0.05, 0) is 17.8 Å². The first-order valence-corrected chi connectivity index (χ1v) is 5.63. The molecule has 1 unspecified atom stereocenters. The molecule has 2 fully saturated rings. The second kappa shape index (κ2) is 3.37. The van der Waals surface area contributed by atoms with Crippen molar-refractivity contribution in [1.29, 1.82) is 0 Å². The summed E-state index contributed by atoms with van der Waals surface area (Å²) in [6.07, 6.45) is 0.249. The molecule has 2 aliphatic rings. The number of carbonyl (C=O) groups is 1. The van der Waals surface area contributed by atoms with Gasteiger partial charge in [0.15, 0.2) is 0 Å². The molecule has 0 aliphatic carbocycles. The van der Waals surface area contributed by atoms with E-state index in [1.54, 1.807) is 4.90 Å². The summed E-state index contributed by atoms with van der Waals surface area (Å²) in [6, 6.07) is 0.374. The molecule has 1 amide bonds. The van der Waals surface area contributed by atoms with Gasteiger partial charge in [0.25, 0.3) is 0 Å². The Morgan fingerprint density at radius 3 is 2.60 bits per heavy atom. The third-order valence-electron chi connectivity index (χ3n) is 3.74. The van der Waals surface area contributed by atoms with Crippen molar-refractivity contribution >= 4 is 6.09 Å². The largest absolute Gasteiger partial charge is 0.465 e. The highest BCUT2D eigenvalue weighted by atomic mass is 16.4. The van der Waals surface area contributed by atoms with Crippen molar-refractivity contribution in [2.45, 2.75) is 39.3 Å². The minimum atomic E-state index is -0.758. The second-order valence-electron chi connectivity index (χ2n) is 5.79. The molecule has 2 rings (SSSR count). The van der Waals surface area contributed by atoms with Gasteiger partial charge >= 0.3 is 6.09 Å². The Labute approximate surface area is 90.6 Å². The van der Waals surface area contributed by atoms with Crippen LogP contribution in [0.15, 0.2) is 0 Å². The van der Waals surface area contributed by atoms with Gasteiger partial charge in [0.1, 0.15) is 0 Å². The zero-order chi connectivity index (χ0) is 11.2. The monoisotopic (exact) mass is 212 g/mol. The van der Waals surface area contributed by atoms with E-state index >= 15 is 0 Å². The van der Waals surface area contributed by atoms with E-state index < -0.39 is 6.09 Å². The van der Waals surface area contributed by atoms with Gasteiger partial charge in [-0.25, -0.2) is 4.79 Å². The van der Waals surface area contributed by atoms with Gasteiger partial charge in [0.2, 0.25) is 0 Å². The summed E-state index contributed by atoms with van der Waals surface area (Å²) >= 11 is 0. The highest BCUT2D eigenvalue weighted by Crippen LogP contribution is 2.40. The lowest BCUT2D eigenvalue weighted by atomic mass is 9.84. The summed E-state index contributed by atoms with van der Waals surface area (Å²) in [5.74, 6) is 0.519. The van der Waals surface area contributed by atoms with Crippen LogP contribution in [0.25, 0.3) is 0 Å². The molecule has 0 aromatic rings. The first-order valence-electron chi connectivity index (χ1n) is 5.63. The van der Waals surface area contributed by atoms with Crippen molar-refractivity contribution < 1.29 is 9.90 Å². The second-order valence-corrected chi connectivity index (χ2v) is 5.79. The summed E-state index contributed by atoms with van der Waals surface area (Å²) in [4.78, 5) is 13.0. The van der Waals surface area contributed by atoms with Crippen LogP contribution in [0.1, 0.15) is 27.2 Å². The van der Waals surface area contributed by atoms with E-state index in [0.29, 0.717) is 5.92 Å². The summed E-state index contributed by atoms with van der Waals surface area (Å²) in [7, 11) is 0. The van der Waals surface area contributed by atoms with Gasteiger partial charge in [-0.1, -0.05) is 20.8 Å². The van der Waals surface area contributed by atoms with E-state index in [2.05, 4.69) is 26.1 Å². The minimum absolute atomic E-state index is 0.0444. The van der Waals surface area contributed by atoms with Crippen LogP contribution in [-0.2, 0) is 0 Å². The molecule has 2 heterocycles. The fourth-order valence-corrected chi connectivity index (χ4v) is 2.96. The van der Waals surface area contributed by atoms with Crippen LogP contribution in [-0.4, -0.2) is 41.3 Å². The minimum Gasteiger partial charge on any atom is -0.465 e. The van der Waals surface area contributed by atoms with E-state index in [1.807, 2.05) is 0 Å². The molecule has 0 aromatic carbocycles. The van der Waals surface area contributed by atoms with Gasteiger partial charge in [-0.15, -0.1) is 0 Å². The molecule has 0 aromatic heterocycles. The fraction of sp³-hybridized carbons (Fsp3) is 0.909. The number of carboxylic acid groups (broad SMARTS) is 1. The van der Waals surface area contributed by atoms with E-state index in [9.17, 15) is 9.90 Å². The molecule has 0 spiro atoms. The number of likely N-dealkylation sites (tertiary alicyclic amines) is 1. The molecule has 2 aliphatic heterocycles. The van der Waals surface area contributed by atoms with E-state index in [4.69, 9.17) is 0 Å². The van der Waals surface area contributed by atoms with Gasteiger partial charge in [-0.3, -0.25) is 0 Å². The van der Waals surface area contributed by atoms with Gasteiger partial charge < -0.3 is 15.3 Å². The average Bonchev–Trinajstić information content (AvgIpc) is 2.56. The van der Waals surface area contributed by atoms with E-state index in [1.165, 1.54) is 0 Å². The standard InChI is InChI=1S/C11H20N2O2/c1-11(2,3)9-4-7-5-12-6-8(7)13(9)10(14)15/h7-9,12H,4-6H2,1-3H3,(H,14,15)/t7-,8+,9?/m0/s1. The quantitative estimate of drug-likeness (QED) is 0.637. The highest BCUT2D eigenvalue weighted by Gasteiger charge is 2.49. The zero-order valence-electron chi connectivity index (χ0n) is 9.66. The lowest BCUT2D eigenvalue weighted by Gasteiger charge is -2.35. The van der Waals surface area contributed by atoms with Crippen LogP contribution in [0.5, 0.6) is 0 Å². The summed E-state index contributed by atoms with van der Waals surface area (Å²) in [6.45, 7) is 8.18. The number of nitrogens with zero attached hydrogens (tertiary/aromatic N) is 1. The Balaban J connectivity index is 2.23. The number of hydrogen-bond acceptors (Lipinski definition) is 2. The van der Waals surface area contributed by atoms with Crippen molar-refractivity contribution in [3.8, 4) is 0 Å².